The topological polar surface area (TPSA) is 58.4 Å². The van der Waals surface area contributed by atoms with Crippen molar-refractivity contribution < 1.29 is 4.92 Å². The van der Waals surface area contributed by atoms with Crippen LogP contribution in [0.3, 0.4) is 0 Å². The van der Waals surface area contributed by atoms with E-state index in [9.17, 15) is 10.1 Å². The minimum Gasteiger partial charge on any atom is -0.383 e. The van der Waals surface area contributed by atoms with Crippen molar-refractivity contribution in [1.29, 1.82) is 0 Å². The number of nitro benzene ring substituents is 1. The van der Waals surface area contributed by atoms with E-state index in [0.29, 0.717) is 12.2 Å². The maximum Gasteiger partial charge on any atom is 0.292 e. The van der Waals surface area contributed by atoms with Gasteiger partial charge in [-0.1, -0.05) is 18.2 Å². The zero-order valence-corrected chi connectivity index (χ0v) is 12.5. The van der Waals surface area contributed by atoms with Gasteiger partial charge in [0.25, 0.3) is 5.69 Å². The van der Waals surface area contributed by atoms with E-state index < -0.39 is 0 Å². The Labute approximate surface area is 124 Å². The lowest BCUT2D eigenvalue weighted by Gasteiger charge is -2.20. The second-order valence-electron chi connectivity index (χ2n) is 5.05. The molecule has 0 bridgehead atoms. The van der Waals surface area contributed by atoms with Gasteiger partial charge in [0.15, 0.2) is 0 Å². The number of rotatable bonds is 5. The molecular formula is C16H19N3O2. The summed E-state index contributed by atoms with van der Waals surface area (Å²) in [6.45, 7) is 2.66. The molecule has 0 spiro atoms. The van der Waals surface area contributed by atoms with Crippen molar-refractivity contribution in [2.45, 2.75) is 13.5 Å². The number of nitro groups is 1. The van der Waals surface area contributed by atoms with Crippen molar-refractivity contribution in [3.8, 4) is 0 Å². The van der Waals surface area contributed by atoms with Crippen LogP contribution in [0.1, 0.15) is 11.1 Å². The number of nitrogens with zero attached hydrogens (tertiary/aromatic N) is 2. The van der Waals surface area contributed by atoms with E-state index in [4.69, 9.17) is 0 Å². The van der Waals surface area contributed by atoms with Gasteiger partial charge in [-0.25, -0.2) is 0 Å². The van der Waals surface area contributed by atoms with Gasteiger partial charge in [-0.15, -0.1) is 0 Å². The van der Waals surface area contributed by atoms with Crippen molar-refractivity contribution in [1.82, 2.24) is 0 Å². The average Bonchev–Trinajstić information content (AvgIpc) is 2.47. The highest BCUT2D eigenvalue weighted by atomic mass is 16.6. The number of anilines is 2. The molecule has 2 aromatic carbocycles. The third-order valence-corrected chi connectivity index (χ3v) is 3.39. The first kappa shape index (κ1) is 14.8. The number of hydrogen-bond acceptors (Lipinski definition) is 4. The fraction of sp³-hybridized carbons (Fsp3) is 0.250. The Morgan fingerprint density at radius 1 is 1.24 bits per heavy atom. The van der Waals surface area contributed by atoms with Crippen molar-refractivity contribution >= 4 is 17.1 Å². The molecule has 0 radical (unpaired) electrons. The van der Waals surface area contributed by atoms with Crippen LogP contribution in [0.25, 0.3) is 0 Å². The molecule has 0 atom stereocenters. The van der Waals surface area contributed by atoms with Gasteiger partial charge >= 0.3 is 0 Å². The molecule has 0 unspecified atom stereocenters. The molecule has 0 amide bonds. The first-order chi connectivity index (χ1) is 10.0. The smallest absolute Gasteiger partial charge is 0.292 e. The van der Waals surface area contributed by atoms with Gasteiger partial charge in [-0.3, -0.25) is 10.1 Å². The fourth-order valence-electron chi connectivity index (χ4n) is 2.27. The molecule has 21 heavy (non-hydrogen) atoms. The summed E-state index contributed by atoms with van der Waals surface area (Å²) in [6, 6.07) is 13.5. The molecular weight excluding hydrogens is 266 g/mol. The Morgan fingerprint density at radius 2 is 2.00 bits per heavy atom. The Bertz CT molecular complexity index is 656. The Morgan fingerprint density at radius 3 is 2.62 bits per heavy atom. The largest absolute Gasteiger partial charge is 0.383 e. The molecule has 0 fully saturated rings. The van der Waals surface area contributed by atoms with E-state index in [1.807, 2.05) is 38.2 Å². The normalized spacial score (nSPS) is 10.2. The molecule has 2 rings (SSSR count). The van der Waals surface area contributed by atoms with Crippen LogP contribution >= 0.6 is 0 Å². The molecule has 0 aromatic heterocycles. The van der Waals surface area contributed by atoms with Gasteiger partial charge in [0.1, 0.15) is 5.69 Å². The van der Waals surface area contributed by atoms with Crippen LogP contribution in [0.15, 0.2) is 42.5 Å². The summed E-state index contributed by atoms with van der Waals surface area (Å²) in [6.07, 6.45) is 0. The molecule has 5 nitrogen and oxygen atoms in total. The van der Waals surface area contributed by atoms with E-state index in [2.05, 4.69) is 16.3 Å². The lowest BCUT2D eigenvalue weighted by Crippen LogP contribution is -2.16. The Kier molecular flexibility index (Phi) is 4.42. The van der Waals surface area contributed by atoms with Gasteiger partial charge in [0.05, 0.1) is 4.92 Å². The molecule has 0 saturated heterocycles. The summed E-state index contributed by atoms with van der Waals surface area (Å²) >= 11 is 0. The molecule has 0 heterocycles. The van der Waals surface area contributed by atoms with Gasteiger partial charge in [-0.2, -0.15) is 0 Å². The summed E-state index contributed by atoms with van der Waals surface area (Å²) in [5.41, 5.74) is 3.82. The third kappa shape index (κ3) is 3.51. The lowest BCUT2D eigenvalue weighted by molar-refractivity contribution is -0.384. The van der Waals surface area contributed by atoms with E-state index in [1.165, 1.54) is 5.56 Å². The maximum atomic E-state index is 11.1. The SMILES string of the molecule is CNc1ccc(CN(C)c2cccc(C)c2)cc1[N+](=O)[O-]. The molecule has 1 N–H and O–H groups in total. The van der Waals surface area contributed by atoms with E-state index in [0.717, 1.165) is 11.3 Å². The highest BCUT2D eigenvalue weighted by Gasteiger charge is 2.14. The summed E-state index contributed by atoms with van der Waals surface area (Å²) in [7, 11) is 3.66. The second kappa shape index (κ2) is 6.26. The highest BCUT2D eigenvalue weighted by molar-refractivity contribution is 5.62. The maximum absolute atomic E-state index is 11.1. The lowest BCUT2D eigenvalue weighted by atomic mass is 10.1. The van der Waals surface area contributed by atoms with Gasteiger partial charge < -0.3 is 10.2 Å². The van der Waals surface area contributed by atoms with E-state index >= 15 is 0 Å². The molecule has 0 aliphatic carbocycles. The molecule has 0 aliphatic rings. The molecule has 110 valence electrons. The molecule has 0 saturated carbocycles. The Balaban J connectivity index is 2.23. The van der Waals surface area contributed by atoms with Crippen molar-refractivity contribution in [2.24, 2.45) is 0 Å². The zero-order chi connectivity index (χ0) is 15.4. The summed E-state index contributed by atoms with van der Waals surface area (Å²) in [5, 5.41) is 13.9. The zero-order valence-electron chi connectivity index (χ0n) is 12.5. The van der Waals surface area contributed by atoms with Crippen LogP contribution in [0, 0.1) is 17.0 Å². The number of hydrogen-bond donors (Lipinski definition) is 1. The number of nitrogens with one attached hydrogen (secondary N) is 1. The summed E-state index contributed by atoms with van der Waals surface area (Å²) in [4.78, 5) is 12.8. The van der Waals surface area contributed by atoms with Crippen LogP contribution < -0.4 is 10.2 Å². The fourth-order valence-corrected chi connectivity index (χ4v) is 2.27. The molecule has 2 aromatic rings. The third-order valence-electron chi connectivity index (χ3n) is 3.39. The predicted octanol–water partition coefficient (Wildman–Crippen LogP) is 3.58. The summed E-state index contributed by atoms with van der Waals surface area (Å²) in [5.74, 6) is 0. The van der Waals surface area contributed by atoms with Crippen molar-refractivity contribution in [3.63, 3.8) is 0 Å². The molecule has 5 heteroatoms. The van der Waals surface area contributed by atoms with Gasteiger partial charge in [0, 0.05) is 32.4 Å². The van der Waals surface area contributed by atoms with E-state index in [-0.39, 0.29) is 10.6 Å². The quantitative estimate of drug-likeness (QED) is 0.674. The van der Waals surface area contributed by atoms with Crippen LogP contribution in [0.4, 0.5) is 17.1 Å². The van der Waals surface area contributed by atoms with Crippen LogP contribution in [0.2, 0.25) is 0 Å². The first-order valence-corrected chi connectivity index (χ1v) is 6.74. The first-order valence-electron chi connectivity index (χ1n) is 6.74. The van der Waals surface area contributed by atoms with Crippen LogP contribution in [0.5, 0.6) is 0 Å². The van der Waals surface area contributed by atoms with Gasteiger partial charge in [0.2, 0.25) is 0 Å². The Hall–Kier alpha value is -2.56. The van der Waals surface area contributed by atoms with Crippen LogP contribution in [-0.2, 0) is 6.54 Å². The minimum atomic E-state index is -0.359. The standard InChI is InChI=1S/C16H19N3O2/c1-12-5-4-6-14(9-12)18(3)11-13-7-8-15(17-2)16(10-13)19(20)21/h4-10,17H,11H2,1-3H3. The second-order valence-corrected chi connectivity index (χ2v) is 5.05. The van der Waals surface area contributed by atoms with Gasteiger partial charge in [-0.05, 0) is 36.2 Å². The summed E-state index contributed by atoms with van der Waals surface area (Å²) < 4.78 is 0. The number of aryl methyl sites for hydroxylation is 1. The predicted molar refractivity (Wildman–Crippen MR) is 85.9 cm³/mol. The van der Waals surface area contributed by atoms with Crippen molar-refractivity contribution in [2.75, 3.05) is 24.3 Å². The molecule has 0 aliphatic heterocycles. The average molecular weight is 285 g/mol. The monoisotopic (exact) mass is 285 g/mol. The van der Waals surface area contributed by atoms with Crippen LogP contribution in [-0.4, -0.2) is 19.0 Å². The minimum absolute atomic E-state index is 0.104. The highest BCUT2D eigenvalue weighted by Crippen LogP contribution is 2.26. The number of benzene rings is 2. The van der Waals surface area contributed by atoms with E-state index in [1.54, 1.807) is 19.2 Å². The van der Waals surface area contributed by atoms with Crippen molar-refractivity contribution in [3.05, 3.63) is 63.7 Å².